The van der Waals surface area contributed by atoms with Gasteiger partial charge in [-0.2, -0.15) is 0 Å². The molecule has 1 N–H and O–H groups in total. The van der Waals surface area contributed by atoms with Crippen LogP contribution in [0, 0.1) is 5.41 Å². The second-order valence-corrected chi connectivity index (χ2v) is 9.25. The van der Waals surface area contributed by atoms with Gasteiger partial charge in [-0.1, -0.05) is 23.7 Å². The molecule has 4 rings (SSSR count). The van der Waals surface area contributed by atoms with E-state index in [1.165, 1.54) is 18.9 Å². The third-order valence-electron chi connectivity index (χ3n) is 6.76. The standard InChI is InChI=1S/C23H30ClN3O3/c24-19-4-1-3-18(15-19)5-6-21(29)27-14-13-26(22(30)17-27)11-2-10-25-12-9-23(7-8-23)20(28)16-25/h1,3-6,15,20,28H,2,7-14,16-17H2/b6-5+/t20-/m1/s1. The number of nitrogens with zero attached hydrogens (tertiary/aromatic N) is 3. The van der Waals surface area contributed by atoms with Gasteiger partial charge in [0.1, 0.15) is 6.54 Å². The van der Waals surface area contributed by atoms with Crippen molar-refractivity contribution in [1.82, 2.24) is 14.7 Å². The summed E-state index contributed by atoms with van der Waals surface area (Å²) < 4.78 is 0. The van der Waals surface area contributed by atoms with Crippen LogP contribution < -0.4 is 0 Å². The van der Waals surface area contributed by atoms with Crippen molar-refractivity contribution in [2.75, 3.05) is 45.8 Å². The van der Waals surface area contributed by atoms with Crippen LogP contribution in [0.2, 0.25) is 5.02 Å². The summed E-state index contributed by atoms with van der Waals surface area (Å²) >= 11 is 5.96. The quantitative estimate of drug-likeness (QED) is 0.702. The zero-order valence-electron chi connectivity index (χ0n) is 17.3. The fraction of sp³-hybridized carbons (Fsp3) is 0.565. The topological polar surface area (TPSA) is 64.1 Å². The van der Waals surface area contributed by atoms with Gasteiger partial charge in [-0.3, -0.25) is 9.59 Å². The predicted molar refractivity (Wildman–Crippen MR) is 117 cm³/mol. The van der Waals surface area contributed by atoms with Crippen molar-refractivity contribution in [2.45, 2.75) is 31.8 Å². The molecule has 0 unspecified atom stereocenters. The molecule has 1 aromatic carbocycles. The first-order valence-corrected chi connectivity index (χ1v) is 11.2. The minimum Gasteiger partial charge on any atom is -0.391 e. The van der Waals surface area contributed by atoms with Gasteiger partial charge in [0.05, 0.1) is 6.10 Å². The van der Waals surface area contributed by atoms with Crippen LogP contribution in [0.5, 0.6) is 0 Å². The number of β-amino-alcohol motifs (C(OH)–C–C–N with tert-alkyl or cyclic N) is 1. The predicted octanol–water partition coefficient (Wildman–Crippen LogP) is 2.26. The summed E-state index contributed by atoms with van der Waals surface area (Å²) in [4.78, 5) is 30.7. The molecule has 2 saturated heterocycles. The summed E-state index contributed by atoms with van der Waals surface area (Å²) in [5.41, 5.74) is 1.09. The summed E-state index contributed by atoms with van der Waals surface area (Å²) in [7, 11) is 0. The van der Waals surface area contributed by atoms with Crippen molar-refractivity contribution in [1.29, 1.82) is 0 Å². The molecule has 1 aliphatic carbocycles. The molecule has 2 aliphatic heterocycles. The summed E-state index contributed by atoms with van der Waals surface area (Å²) in [6, 6.07) is 7.30. The average Bonchev–Trinajstić information content (AvgIpc) is 3.51. The van der Waals surface area contributed by atoms with Gasteiger partial charge in [-0.05, 0) is 68.0 Å². The second kappa shape index (κ2) is 9.08. The monoisotopic (exact) mass is 431 g/mol. The van der Waals surface area contributed by atoms with Gasteiger partial charge in [-0.15, -0.1) is 0 Å². The van der Waals surface area contributed by atoms with Crippen molar-refractivity contribution in [3.8, 4) is 0 Å². The smallest absolute Gasteiger partial charge is 0.247 e. The van der Waals surface area contributed by atoms with Crippen LogP contribution >= 0.6 is 11.6 Å². The molecule has 1 atom stereocenters. The van der Waals surface area contributed by atoms with Gasteiger partial charge in [0.2, 0.25) is 11.8 Å². The third-order valence-corrected chi connectivity index (χ3v) is 6.99. The van der Waals surface area contributed by atoms with E-state index in [0.29, 0.717) is 24.7 Å². The number of rotatable bonds is 6. The lowest BCUT2D eigenvalue weighted by molar-refractivity contribution is -0.143. The van der Waals surface area contributed by atoms with E-state index in [1.54, 1.807) is 23.1 Å². The number of carbonyl (C=O) groups is 2. The maximum absolute atomic E-state index is 12.5. The normalized spacial score (nSPS) is 24.1. The Hall–Kier alpha value is -1.89. The number of hydrogen-bond acceptors (Lipinski definition) is 4. The SMILES string of the molecule is O=C(/C=C/c1cccc(Cl)c1)N1CCN(CCCN2CCC3(CC3)[C@H](O)C2)C(=O)C1. The Balaban J connectivity index is 1.18. The van der Waals surface area contributed by atoms with Crippen LogP contribution in [0.25, 0.3) is 6.08 Å². The molecule has 162 valence electrons. The van der Waals surface area contributed by atoms with E-state index >= 15 is 0 Å². The highest BCUT2D eigenvalue weighted by molar-refractivity contribution is 6.30. The lowest BCUT2D eigenvalue weighted by Gasteiger charge is -2.37. The summed E-state index contributed by atoms with van der Waals surface area (Å²) in [6.07, 6.45) is 7.38. The van der Waals surface area contributed by atoms with E-state index in [2.05, 4.69) is 4.90 Å². The largest absolute Gasteiger partial charge is 0.391 e. The van der Waals surface area contributed by atoms with Gasteiger partial charge in [0.25, 0.3) is 0 Å². The van der Waals surface area contributed by atoms with E-state index in [1.807, 2.05) is 17.0 Å². The highest BCUT2D eigenvalue weighted by atomic mass is 35.5. The van der Waals surface area contributed by atoms with Gasteiger partial charge in [0, 0.05) is 37.3 Å². The molecular formula is C23H30ClN3O3. The Morgan fingerprint density at radius 3 is 2.73 bits per heavy atom. The minimum atomic E-state index is -0.192. The number of amides is 2. The third kappa shape index (κ3) is 5.05. The average molecular weight is 432 g/mol. The minimum absolute atomic E-state index is 0.00127. The van der Waals surface area contributed by atoms with E-state index in [9.17, 15) is 14.7 Å². The van der Waals surface area contributed by atoms with Crippen LogP contribution in [0.4, 0.5) is 0 Å². The van der Waals surface area contributed by atoms with Crippen LogP contribution in [0.1, 0.15) is 31.2 Å². The van der Waals surface area contributed by atoms with E-state index in [4.69, 9.17) is 11.6 Å². The first-order chi connectivity index (χ1) is 14.4. The fourth-order valence-corrected chi connectivity index (χ4v) is 4.72. The zero-order valence-corrected chi connectivity index (χ0v) is 18.1. The Kier molecular flexibility index (Phi) is 6.46. The van der Waals surface area contributed by atoms with Crippen LogP contribution in [0.15, 0.2) is 30.3 Å². The molecule has 1 aromatic rings. The highest BCUT2D eigenvalue weighted by Crippen LogP contribution is 2.53. The van der Waals surface area contributed by atoms with Gasteiger partial charge in [-0.25, -0.2) is 0 Å². The lowest BCUT2D eigenvalue weighted by atomic mass is 9.90. The molecule has 0 aromatic heterocycles. The molecule has 30 heavy (non-hydrogen) atoms. The summed E-state index contributed by atoms with van der Waals surface area (Å²) in [5, 5.41) is 10.9. The van der Waals surface area contributed by atoms with Crippen molar-refractivity contribution >= 4 is 29.5 Å². The molecule has 1 saturated carbocycles. The Labute approximate surface area is 183 Å². The van der Waals surface area contributed by atoms with Crippen molar-refractivity contribution in [2.24, 2.45) is 5.41 Å². The van der Waals surface area contributed by atoms with Crippen LogP contribution in [-0.2, 0) is 9.59 Å². The highest BCUT2D eigenvalue weighted by Gasteiger charge is 2.51. The van der Waals surface area contributed by atoms with E-state index < -0.39 is 0 Å². The number of aliphatic hydroxyl groups is 1. The first kappa shape index (κ1) is 21.3. The van der Waals surface area contributed by atoms with E-state index in [-0.39, 0.29) is 29.9 Å². The second-order valence-electron chi connectivity index (χ2n) is 8.81. The molecule has 6 nitrogen and oxygen atoms in total. The van der Waals surface area contributed by atoms with E-state index in [0.717, 1.165) is 38.0 Å². The molecule has 7 heteroatoms. The number of carbonyl (C=O) groups excluding carboxylic acids is 2. The number of aliphatic hydroxyl groups excluding tert-OH is 1. The lowest BCUT2D eigenvalue weighted by Crippen LogP contribution is -2.52. The molecule has 0 radical (unpaired) electrons. The molecule has 3 aliphatic rings. The number of halogens is 1. The van der Waals surface area contributed by atoms with Crippen LogP contribution in [0.3, 0.4) is 0 Å². The molecule has 2 heterocycles. The van der Waals surface area contributed by atoms with Crippen molar-refractivity contribution in [3.05, 3.63) is 40.9 Å². The molecular weight excluding hydrogens is 402 g/mol. The Morgan fingerprint density at radius 2 is 2.03 bits per heavy atom. The fourth-order valence-electron chi connectivity index (χ4n) is 4.53. The maximum Gasteiger partial charge on any atom is 0.247 e. The Morgan fingerprint density at radius 1 is 1.20 bits per heavy atom. The Bertz CT molecular complexity index is 824. The number of hydrogen-bond donors (Lipinski definition) is 1. The van der Waals surface area contributed by atoms with Crippen molar-refractivity contribution in [3.63, 3.8) is 0 Å². The van der Waals surface area contributed by atoms with Gasteiger partial charge < -0.3 is 19.8 Å². The number of piperazine rings is 1. The summed E-state index contributed by atoms with van der Waals surface area (Å²) in [5.74, 6) is -0.152. The van der Waals surface area contributed by atoms with Gasteiger partial charge >= 0.3 is 0 Å². The molecule has 1 spiro atoms. The van der Waals surface area contributed by atoms with Gasteiger partial charge in [0.15, 0.2) is 0 Å². The zero-order chi connectivity index (χ0) is 21.1. The molecule has 0 bridgehead atoms. The number of likely N-dealkylation sites (tertiary alicyclic amines) is 1. The van der Waals surface area contributed by atoms with Crippen LogP contribution in [-0.4, -0.2) is 83.5 Å². The van der Waals surface area contributed by atoms with Crippen molar-refractivity contribution < 1.29 is 14.7 Å². The molecule has 3 fully saturated rings. The number of benzene rings is 1. The molecule has 2 amide bonds. The number of piperidine rings is 1. The maximum atomic E-state index is 12.5. The first-order valence-electron chi connectivity index (χ1n) is 10.9. The summed E-state index contributed by atoms with van der Waals surface area (Å²) in [6.45, 7) is 4.67.